The molecule has 1 aliphatic rings. The van der Waals surface area contributed by atoms with Crippen molar-refractivity contribution >= 4 is 5.91 Å². The lowest BCUT2D eigenvalue weighted by Crippen LogP contribution is -2.27. The van der Waals surface area contributed by atoms with Crippen LogP contribution in [-0.2, 0) is 4.79 Å². The van der Waals surface area contributed by atoms with Crippen molar-refractivity contribution in [2.45, 2.75) is 97.3 Å². The number of hydrogen-bond acceptors (Lipinski definition) is 1. The predicted octanol–water partition coefficient (Wildman–Crippen LogP) is 6.11. The second kappa shape index (κ2) is 13.6. The van der Waals surface area contributed by atoms with E-state index in [-0.39, 0.29) is 0 Å². The SMILES string of the molecule is CCCCCCC(C)CC/C=C\CCCCC(=O)N1CCCC1. The maximum Gasteiger partial charge on any atom is 0.222 e. The van der Waals surface area contributed by atoms with E-state index in [1.807, 2.05) is 4.90 Å². The van der Waals surface area contributed by atoms with Crippen molar-refractivity contribution in [3.8, 4) is 0 Å². The summed E-state index contributed by atoms with van der Waals surface area (Å²) in [6.45, 7) is 6.66. The molecule has 1 rings (SSSR count). The van der Waals surface area contributed by atoms with Crippen LogP contribution in [0.5, 0.6) is 0 Å². The van der Waals surface area contributed by atoms with E-state index < -0.39 is 0 Å². The maximum absolute atomic E-state index is 11.9. The van der Waals surface area contributed by atoms with Gasteiger partial charge in [0.2, 0.25) is 5.91 Å². The molecule has 2 heteroatoms. The summed E-state index contributed by atoms with van der Waals surface area (Å²) in [6.07, 6.45) is 20.7. The van der Waals surface area contributed by atoms with Crippen molar-refractivity contribution in [3.05, 3.63) is 12.2 Å². The Kier molecular flexibility index (Phi) is 12.0. The Bertz CT molecular complexity index is 318. The lowest BCUT2D eigenvalue weighted by Gasteiger charge is -2.14. The van der Waals surface area contributed by atoms with E-state index in [9.17, 15) is 4.79 Å². The topological polar surface area (TPSA) is 20.3 Å². The Morgan fingerprint density at radius 1 is 0.957 bits per heavy atom. The standard InChI is InChI=1S/C21H39NO/c1-3-4-5-10-15-20(2)16-11-8-6-7-9-12-17-21(23)22-18-13-14-19-22/h6,8,20H,3-5,7,9-19H2,1-2H3/b8-6-. The van der Waals surface area contributed by atoms with E-state index in [0.717, 1.165) is 44.7 Å². The lowest BCUT2D eigenvalue weighted by molar-refractivity contribution is -0.130. The molecular weight excluding hydrogens is 282 g/mol. The molecule has 1 unspecified atom stereocenters. The van der Waals surface area contributed by atoms with Crippen LogP contribution in [0.1, 0.15) is 97.3 Å². The highest BCUT2D eigenvalue weighted by molar-refractivity contribution is 5.76. The van der Waals surface area contributed by atoms with Gasteiger partial charge in [-0.1, -0.05) is 58.1 Å². The zero-order chi connectivity index (χ0) is 16.8. The summed E-state index contributed by atoms with van der Waals surface area (Å²) in [4.78, 5) is 13.9. The highest BCUT2D eigenvalue weighted by atomic mass is 16.2. The van der Waals surface area contributed by atoms with Crippen LogP contribution in [0.3, 0.4) is 0 Å². The van der Waals surface area contributed by atoms with E-state index in [1.54, 1.807) is 0 Å². The van der Waals surface area contributed by atoms with E-state index in [2.05, 4.69) is 26.0 Å². The van der Waals surface area contributed by atoms with E-state index in [4.69, 9.17) is 0 Å². The molecule has 1 atom stereocenters. The molecule has 1 amide bonds. The number of unbranched alkanes of at least 4 members (excludes halogenated alkanes) is 5. The van der Waals surface area contributed by atoms with Gasteiger partial charge in [-0.3, -0.25) is 4.79 Å². The van der Waals surface area contributed by atoms with Gasteiger partial charge in [0.05, 0.1) is 0 Å². The molecule has 0 spiro atoms. The smallest absolute Gasteiger partial charge is 0.222 e. The molecule has 0 aromatic heterocycles. The average Bonchev–Trinajstić information content (AvgIpc) is 3.08. The molecule has 0 aromatic rings. The van der Waals surface area contributed by atoms with Crippen LogP contribution in [0.2, 0.25) is 0 Å². The van der Waals surface area contributed by atoms with Gasteiger partial charge in [-0.2, -0.15) is 0 Å². The van der Waals surface area contributed by atoms with Gasteiger partial charge >= 0.3 is 0 Å². The molecule has 134 valence electrons. The molecule has 0 bridgehead atoms. The highest BCUT2D eigenvalue weighted by Crippen LogP contribution is 2.16. The molecule has 1 fully saturated rings. The van der Waals surface area contributed by atoms with Crippen molar-refractivity contribution in [2.75, 3.05) is 13.1 Å². The molecular formula is C21H39NO. The van der Waals surface area contributed by atoms with E-state index in [0.29, 0.717) is 5.91 Å². The first-order chi connectivity index (χ1) is 11.2. The number of carbonyl (C=O) groups excluding carboxylic acids is 1. The summed E-state index contributed by atoms with van der Waals surface area (Å²) in [5.41, 5.74) is 0. The summed E-state index contributed by atoms with van der Waals surface area (Å²) >= 11 is 0. The molecule has 0 aliphatic carbocycles. The maximum atomic E-state index is 11.9. The molecule has 0 saturated carbocycles. The first-order valence-corrected chi connectivity index (χ1v) is 10.2. The normalized spacial score (nSPS) is 16.3. The van der Waals surface area contributed by atoms with E-state index in [1.165, 1.54) is 57.8 Å². The van der Waals surface area contributed by atoms with Crippen molar-refractivity contribution in [1.82, 2.24) is 4.90 Å². The Labute approximate surface area is 144 Å². The molecule has 0 N–H and O–H groups in total. The minimum Gasteiger partial charge on any atom is -0.343 e. The number of hydrogen-bond donors (Lipinski definition) is 0. The fourth-order valence-electron chi connectivity index (χ4n) is 3.34. The minimum atomic E-state index is 0.378. The quantitative estimate of drug-likeness (QED) is 0.296. The van der Waals surface area contributed by atoms with Gasteiger partial charge < -0.3 is 4.90 Å². The van der Waals surface area contributed by atoms with Crippen LogP contribution in [0.4, 0.5) is 0 Å². The molecule has 2 nitrogen and oxygen atoms in total. The average molecular weight is 322 g/mol. The van der Waals surface area contributed by atoms with Gasteiger partial charge in [-0.05, 0) is 50.9 Å². The summed E-state index contributed by atoms with van der Waals surface area (Å²) in [7, 11) is 0. The van der Waals surface area contributed by atoms with Gasteiger partial charge in [0.1, 0.15) is 0 Å². The highest BCUT2D eigenvalue weighted by Gasteiger charge is 2.16. The van der Waals surface area contributed by atoms with Crippen LogP contribution in [0, 0.1) is 5.92 Å². The molecule has 0 aromatic carbocycles. The third kappa shape index (κ3) is 10.6. The third-order valence-corrected chi connectivity index (χ3v) is 5.01. The number of allylic oxidation sites excluding steroid dienone is 2. The fourth-order valence-corrected chi connectivity index (χ4v) is 3.34. The van der Waals surface area contributed by atoms with Crippen LogP contribution >= 0.6 is 0 Å². The lowest BCUT2D eigenvalue weighted by atomic mass is 9.98. The van der Waals surface area contributed by atoms with Gasteiger partial charge in [-0.25, -0.2) is 0 Å². The number of nitrogens with zero attached hydrogens (tertiary/aromatic N) is 1. The molecule has 1 heterocycles. The van der Waals surface area contributed by atoms with Crippen molar-refractivity contribution in [2.24, 2.45) is 5.92 Å². The number of rotatable bonds is 13. The zero-order valence-corrected chi connectivity index (χ0v) is 15.7. The Morgan fingerprint density at radius 3 is 2.43 bits per heavy atom. The Hall–Kier alpha value is -0.790. The van der Waals surface area contributed by atoms with Gasteiger partial charge in [0.15, 0.2) is 0 Å². The Balaban J connectivity index is 1.89. The summed E-state index contributed by atoms with van der Waals surface area (Å²) in [6, 6.07) is 0. The largest absolute Gasteiger partial charge is 0.343 e. The van der Waals surface area contributed by atoms with Crippen LogP contribution in [0.15, 0.2) is 12.2 Å². The van der Waals surface area contributed by atoms with Crippen molar-refractivity contribution in [3.63, 3.8) is 0 Å². The zero-order valence-electron chi connectivity index (χ0n) is 15.7. The van der Waals surface area contributed by atoms with Gasteiger partial charge in [0.25, 0.3) is 0 Å². The summed E-state index contributed by atoms with van der Waals surface area (Å²) in [5, 5.41) is 0. The van der Waals surface area contributed by atoms with Crippen molar-refractivity contribution < 1.29 is 4.79 Å². The minimum absolute atomic E-state index is 0.378. The Morgan fingerprint density at radius 2 is 1.70 bits per heavy atom. The first-order valence-electron chi connectivity index (χ1n) is 10.2. The van der Waals surface area contributed by atoms with Crippen LogP contribution in [0.25, 0.3) is 0 Å². The first kappa shape index (κ1) is 20.3. The van der Waals surface area contributed by atoms with E-state index >= 15 is 0 Å². The van der Waals surface area contributed by atoms with Crippen LogP contribution < -0.4 is 0 Å². The third-order valence-electron chi connectivity index (χ3n) is 5.01. The van der Waals surface area contributed by atoms with Crippen LogP contribution in [-0.4, -0.2) is 23.9 Å². The second-order valence-electron chi connectivity index (χ2n) is 7.34. The molecule has 23 heavy (non-hydrogen) atoms. The van der Waals surface area contributed by atoms with Gasteiger partial charge in [-0.15, -0.1) is 0 Å². The molecule has 0 radical (unpaired) electrons. The van der Waals surface area contributed by atoms with Gasteiger partial charge in [0, 0.05) is 19.5 Å². The number of likely N-dealkylation sites (tertiary alicyclic amines) is 1. The molecule has 1 aliphatic heterocycles. The fraction of sp³-hybridized carbons (Fsp3) is 0.857. The monoisotopic (exact) mass is 321 g/mol. The number of carbonyl (C=O) groups is 1. The predicted molar refractivity (Wildman–Crippen MR) is 101 cm³/mol. The molecule has 1 saturated heterocycles. The van der Waals surface area contributed by atoms with Crippen molar-refractivity contribution in [1.29, 1.82) is 0 Å². The summed E-state index contributed by atoms with van der Waals surface area (Å²) in [5.74, 6) is 1.25. The number of amides is 1. The second-order valence-corrected chi connectivity index (χ2v) is 7.34. The summed E-state index contributed by atoms with van der Waals surface area (Å²) < 4.78 is 0.